The summed E-state index contributed by atoms with van der Waals surface area (Å²) in [6, 6.07) is 9.94. The fourth-order valence-corrected chi connectivity index (χ4v) is 4.72. The summed E-state index contributed by atoms with van der Waals surface area (Å²) < 4.78 is 1.97. The first kappa shape index (κ1) is 21.4. The standard InChI is InChI=1S/C27H23N9O/c1-15-13-36(14-30-15)22-7-3-6-21-24(22)33-26(32-21)23-20-9-18(11-29-25(20)35-34-23)17-8-19(12-28-10-17)31-27(37)16-4-2-5-16/h3,6-14,16H,2,4-5H2,1H3,(H,31,37)(H,32,33)(H,29,34,35). The van der Waals surface area contributed by atoms with Crippen LogP contribution >= 0.6 is 0 Å². The van der Waals surface area contributed by atoms with Gasteiger partial charge in [-0.15, -0.1) is 0 Å². The van der Waals surface area contributed by atoms with Crippen LogP contribution in [0, 0.1) is 12.8 Å². The predicted octanol–water partition coefficient (Wildman–Crippen LogP) is 4.80. The number of hydrogen-bond acceptors (Lipinski definition) is 6. The zero-order chi connectivity index (χ0) is 24.9. The highest BCUT2D eigenvalue weighted by Gasteiger charge is 2.25. The van der Waals surface area contributed by atoms with E-state index in [0.717, 1.165) is 63.9 Å². The first-order valence-electron chi connectivity index (χ1n) is 12.2. The third-order valence-corrected chi connectivity index (χ3v) is 6.94. The SMILES string of the molecule is Cc1cn(-c2cccc3[nH]c(-c4[nH]nc5ncc(-c6cncc(NC(=O)C7CCC7)c6)cc45)nc23)cn1. The molecule has 1 amide bonds. The number of aryl methyl sites for hydroxylation is 1. The van der Waals surface area contributed by atoms with Gasteiger partial charge in [0.1, 0.15) is 11.2 Å². The van der Waals surface area contributed by atoms with Crippen molar-refractivity contribution in [1.82, 2.24) is 39.7 Å². The lowest BCUT2D eigenvalue weighted by Gasteiger charge is -2.24. The molecule has 1 aliphatic rings. The molecule has 6 aromatic rings. The zero-order valence-electron chi connectivity index (χ0n) is 20.1. The summed E-state index contributed by atoms with van der Waals surface area (Å²) in [5, 5.41) is 11.3. The Balaban J connectivity index is 1.26. The number of hydrogen-bond donors (Lipinski definition) is 3. The Morgan fingerprint density at radius 1 is 1.11 bits per heavy atom. The van der Waals surface area contributed by atoms with Crippen molar-refractivity contribution in [3.63, 3.8) is 0 Å². The van der Waals surface area contributed by atoms with Gasteiger partial charge in [0.15, 0.2) is 11.5 Å². The average Bonchev–Trinajstić information content (AvgIpc) is 3.60. The number of carbonyl (C=O) groups excluding carboxylic acids is 1. The van der Waals surface area contributed by atoms with Crippen LogP contribution in [0.4, 0.5) is 5.69 Å². The smallest absolute Gasteiger partial charge is 0.227 e. The van der Waals surface area contributed by atoms with E-state index in [1.54, 1.807) is 24.9 Å². The zero-order valence-corrected chi connectivity index (χ0v) is 20.1. The second-order valence-electron chi connectivity index (χ2n) is 9.45. The summed E-state index contributed by atoms with van der Waals surface area (Å²) in [5.74, 6) is 0.837. The first-order valence-corrected chi connectivity index (χ1v) is 12.2. The van der Waals surface area contributed by atoms with Gasteiger partial charge in [-0.05, 0) is 44.0 Å². The van der Waals surface area contributed by atoms with Crippen LogP contribution in [0.5, 0.6) is 0 Å². The molecule has 0 bridgehead atoms. The Bertz CT molecular complexity index is 1790. The fourth-order valence-electron chi connectivity index (χ4n) is 4.72. The van der Waals surface area contributed by atoms with E-state index in [2.05, 4.69) is 35.5 Å². The highest BCUT2D eigenvalue weighted by molar-refractivity contribution is 5.96. The number of amides is 1. The van der Waals surface area contributed by atoms with E-state index in [0.29, 0.717) is 17.2 Å². The quantitative estimate of drug-likeness (QED) is 0.319. The molecule has 10 nitrogen and oxygen atoms in total. The molecule has 182 valence electrons. The number of anilines is 1. The third kappa shape index (κ3) is 3.74. The molecule has 0 unspecified atom stereocenters. The Morgan fingerprint density at radius 3 is 2.81 bits per heavy atom. The van der Waals surface area contributed by atoms with E-state index in [1.807, 2.05) is 48.0 Å². The maximum atomic E-state index is 12.4. The Labute approximate surface area is 211 Å². The lowest BCUT2D eigenvalue weighted by molar-refractivity contribution is -0.122. The van der Waals surface area contributed by atoms with Crippen molar-refractivity contribution >= 4 is 33.7 Å². The second-order valence-corrected chi connectivity index (χ2v) is 9.45. The average molecular weight is 490 g/mol. The fraction of sp³-hybridized carbons (Fsp3) is 0.185. The van der Waals surface area contributed by atoms with Crippen molar-refractivity contribution in [1.29, 1.82) is 0 Å². The van der Waals surface area contributed by atoms with Crippen molar-refractivity contribution in [2.45, 2.75) is 26.2 Å². The number of para-hydroxylation sites is 1. The van der Waals surface area contributed by atoms with E-state index < -0.39 is 0 Å². The van der Waals surface area contributed by atoms with Crippen LogP contribution in [-0.2, 0) is 4.79 Å². The van der Waals surface area contributed by atoms with Crippen molar-refractivity contribution in [2.24, 2.45) is 5.92 Å². The maximum absolute atomic E-state index is 12.4. The van der Waals surface area contributed by atoms with Gasteiger partial charge in [0.25, 0.3) is 0 Å². The number of nitrogens with one attached hydrogen (secondary N) is 3. The molecule has 0 radical (unpaired) electrons. The van der Waals surface area contributed by atoms with E-state index in [1.165, 1.54) is 0 Å². The molecule has 5 heterocycles. The van der Waals surface area contributed by atoms with Gasteiger partial charge in [0.05, 0.1) is 40.5 Å². The van der Waals surface area contributed by atoms with E-state index in [9.17, 15) is 4.79 Å². The van der Waals surface area contributed by atoms with Crippen molar-refractivity contribution in [3.05, 3.63) is 67.1 Å². The van der Waals surface area contributed by atoms with Gasteiger partial charge >= 0.3 is 0 Å². The molecule has 0 aliphatic heterocycles. The van der Waals surface area contributed by atoms with Gasteiger partial charge in [-0.1, -0.05) is 12.5 Å². The number of fused-ring (bicyclic) bond motifs is 2. The van der Waals surface area contributed by atoms with Gasteiger partial charge in [0, 0.05) is 35.6 Å². The summed E-state index contributed by atoms with van der Waals surface area (Å²) in [4.78, 5) is 34.0. The van der Waals surface area contributed by atoms with E-state index in [4.69, 9.17) is 4.98 Å². The largest absolute Gasteiger partial charge is 0.337 e. The summed E-state index contributed by atoms with van der Waals surface area (Å²) in [6.07, 6.45) is 12.0. The Hall–Kier alpha value is -4.86. The molecular weight excluding hydrogens is 466 g/mol. The lowest BCUT2D eigenvalue weighted by Crippen LogP contribution is -2.28. The third-order valence-electron chi connectivity index (χ3n) is 6.94. The van der Waals surface area contributed by atoms with Crippen LogP contribution in [-0.4, -0.2) is 45.6 Å². The molecule has 1 fully saturated rings. The molecule has 7 rings (SSSR count). The summed E-state index contributed by atoms with van der Waals surface area (Å²) in [5.41, 5.74) is 7.36. The summed E-state index contributed by atoms with van der Waals surface area (Å²) in [6.45, 7) is 1.96. The number of H-pyrrole nitrogens is 2. The van der Waals surface area contributed by atoms with Crippen LogP contribution in [0.1, 0.15) is 25.0 Å². The molecule has 5 aromatic heterocycles. The minimum Gasteiger partial charge on any atom is -0.337 e. The van der Waals surface area contributed by atoms with Gasteiger partial charge in [0.2, 0.25) is 5.91 Å². The number of carbonyl (C=O) groups is 1. The molecule has 1 aromatic carbocycles. The van der Waals surface area contributed by atoms with Crippen LogP contribution in [0.3, 0.4) is 0 Å². The van der Waals surface area contributed by atoms with Crippen molar-refractivity contribution < 1.29 is 4.79 Å². The number of nitrogens with zero attached hydrogens (tertiary/aromatic N) is 6. The van der Waals surface area contributed by atoms with Gasteiger partial charge in [-0.25, -0.2) is 15.0 Å². The number of benzene rings is 1. The number of aromatic nitrogens is 8. The second kappa shape index (κ2) is 8.37. The van der Waals surface area contributed by atoms with Crippen LogP contribution in [0.25, 0.3) is 50.4 Å². The monoisotopic (exact) mass is 489 g/mol. The molecular formula is C27H23N9O. The van der Waals surface area contributed by atoms with Gasteiger partial charge < -0.3 is 14.9 Å². The number of rotatable bonds is 5. The topological polar surface area (TPSA) is 130 Å². The maximum Gasteiger partial charge on any atom is 0.227 e. The first-order chi connectivity index (χ1) is 18.1. The molecule has 37 heavy (non-hydrogen) atoms. The molecule has 1 aliphatic carbocycles. The van der Waals surface area contributed by atoms with Crippen molar-refractivity contribution in [3.8, 4) is 28.3 Å². The molecule has 3 N–H and O–H groups in total. The number of aromatic amines is 2. The summed E-state index contributed by atoms with van der Waals surface area (Å²) in [7, 11) is 0. The van der Waals surface area contributed by atoms with Crippen molar-refractivity contribution in [2.75, 3.05) is 5.32 Å². The number of pyridine rings is 2. The Morgan fingerprint density at radius 2 is 2.00 bits per heavy atom. The minimum atomic E-state index is 0.0611. The molecule has 10 heteroatoms. The number of imidazole rings is 2. The highest BCUT2D eigenvalue weighted by Crippen LogP contribution is 2.32. The van der Waals surface area contributed by atoms with Gasteiger partial charge in [-0.2, -0.15) is 5.10 Å². The van der Waals surface area contributed by atoms with Crippen LogP contribution in [0.15, 0.2) is 61.4 Å². The van der Waals surface area contributed by atoms with E-state index in [-0.39, 0.29) is 11.8 Å². The van der Waals surface area contributed by atoms with E-state index >= 15 is 0 Å². The van der Waals surface area contributed by atoms with Crippen LogP contribution < -0.4 is 5.32 Å². The normalized spacial score (nSPS) is 13.8. The minimum absolute atomic E-state index is 0.0611. The summed E-state index contributed by atoms with van der Waals surface area (Å²) >= 11 is 0. The molecule has 0 saturated heterocycles. The lowest BCUT2D eigenvalue weighted by atomic mass is 9.85. The molecule has 1 saturated carbocycles. The highest BCUT2D eigenvalue weighted by atomic mass is 16.1. The predicted molar refractivity (Wildman–Crippen MR) is 140 cm³/mol. The molecule has 0 spiro atoms. The van der Waals surface area contributed by atoms with Gasteiger partial charge in [-0.3, -0.25) is 14.9 Å². The van der Waals surface area contributed by atoms with Crippen LogP contribution in [0.2, 0.25) is 0 Å². The molecule has 0 atom stereocenters. The Kier molecular flexibility index (Phi) is 4.85.